The molecular formula is C12H12FNO6S. The quantitative estimate of drug-likeness (QED) is 0.643. The normalized spacial score (nSPS) is 19.0. The van der Waals surface area contributed by atoms with Crippen LogP contribution in [0.3, 0.4) is 0 Å². The molecule has 2 rings (SSSR count). The third kappa shape index (κ3) is 3.48. The van der Waals surface area contributed by atoms with Gasteiger partial charge in [-0.15, -0.1) is 3.89 Å². The molecule has 114 valence electrons. The summed E-state index contributed by atoms with van der Waals surface area (Å²) in [4.78, 5) is 21.9. The first-order chi connectivity index (χ1) is 9.81. The molecule has 0 aromatic heterocycles. The molecule has 0 aliphatic carbocycles. The van der Waals surface area contributed by atoms with Gasteiger partial charge in [-0.2, -0.15) is 8.42 Å². The van der Waals surface area contributed by atoms with Gasteiger partial charge < -0.3 is 9.47 Å². The number of carbonyl (C=O) groups is 2. The highest BCUT2D eigenvalue weighted by atomic mass is 32.3. The highest BCUT2D eigenvalue weighted by Crippen LogP contribution is 2.30. The molecule has 1 aromatic carbocycles. The van der Waals surface area contributed by atoms with Crippen molar-refractivity contribution in [2.24, 2.45) is 0 Å². The van der Waals surface area contributed by atoms with Crippen LogP contribution in [0.15, 0.2) is 23.1 Å². The molecule has 21 heavy (non-hydrogen) atoms. The third-order valence-electron chi connectivity index (χ3n) is 2.86. The van der Waals surface area contributed by atoms with Gasteiger partial charge in [-0.05, 0) is 12.1 Å². The Labute approximate surface area is 120 Å². The fraction of sp³-hybridized carbons (Fsp3) is 0.333. The highest BCUT2D eigenvalue weighted by Gasteiger charge is 2.29. The van der Waals surface area contributed by atoms with E-state index in [2.05, 4.69) is 5.32 Å². The van der Waals surface area contributed by atoms with Gasteiger partial charge in [0.05, 0.1) is 7.11 Å². The summed E-state index contributed by atoms with van der Waals surface area (Å²) in [7, 11) is -3.79. The summed E-state index contributed by atoms with van der Waals surface area (Å²) >= 11 is 0. The molecule has 1 aliphatic heterocycles. The summed E-state index contributed by atoms with van der Waals surface area (Å²) in [5, 5.41) is 2.10. The van der Waals surface area contributed by atoms with Crippen molar-refractivity contribution in [3.63, 3.8) is 0 Å². The van der Waals surface area contributed by atoms with Crippen LogP contribution < -0.4 is 14.8 Å². The highest BCUT2D eigenvalue weighted by molar-refractivity contribution is 7.86. The van der Waals surface area contributed by atoms with Crippen molar-refractivity contribution >= 4 is 22.0 Å². The lowest BCUT2D eigenvalue weighted by atomic mass is 10.1. The average Bonchev–Trinajstić information content (AvgIpc) is 2.41. The van der Waals surface area contributed by atoms with Crippen LogP contribution in [-0.4, -0.2) is 33.4 Å². The molecule has 0 bridgehead atoms. The van der Waals surface area contributed by atoms with Crippen LogP contribution in [0, 0.1) is 0 Å². The Balaban J connectivity index is 2.25. The zero-order chi connectivity index (χ0) is 15.6. The van der Waals surface area contributed by atoms with Crippen LogP contribution in [-0.2, 0) is 19.8 Å². The van der Waals surface area contributed by atoms with Gasteiger partial charge in [0, 0.05) is 18.9 Å². The van der Waals surface area contributed by atoms with Gasteiger partial charge in [0.25, 0.3) is 5.91 Å². The second-order valence-corrected chi connectivity index (χ2v) is 5.62. The number of piperidine rings is 1. The Morgan fingerprint density at radius 2 is 2.05 bits per heavy atom. The van der Waals surface area contributed by atoms with E-state index in [0.717, 1.165) is 6.07 Å². The molecular weight excluding hydrogens is 305 g/mol. The summed E-state index contributed by atoms with van der Waals surface area (Å²) in [6.07, 6.45) is -0.666. The number of benzene rings is 1. The Bertz CT molecular complexity index is 687. The van der Waals surface area contributed by atoms with Crippen LogP contribution in [0.2, 0.25) is 0 Å². The number of imide groups is 1. The van der Waals surface area contributed by atoms with E-state index in [9.17, 15) is 21.9 Å². The molecule has 1 saturated heterocycles. The second kappa shape index (κ2) is 5.68. The van der Waals surface area contributed by atoms with Crippen molar-refractivity contribution in [1.29, 1.82) is 0 Å². The molecule has 1 aromatic rings. The Kier molecular flexibility index (Phi) is 4.12. The first kappa shape index (κ1) is 15.2. The minimum absolute atomic E-state index is 0.0125. The SMILES string of the molecule is COc1ccc(OC2CCC(=O)NC2=O)cc1S(=O)(=O)F. The minimum atomic E-state index is -4.99. The van der Waals surface area contributed by atoms with Crippen LogP contribution in [0.4, 0.5) is 3.89 Å². The molecule has 0 saturated carbocycles. The lowest BCUT2D eigenvalue weighted by Gasteiger charge is -2.22. The predicted octanol–water partition coefficient (Wildman–Crippen LogP) is 0.537. The summed E-state index contributed by atoms with van der Waals surface area (Å²) in [6, 6.07) is 3.49. The number of carbonyl (C=O) groups excluding carboxylic acids is 2. The summed E-state index contributed by atoms with van der Waals surface area (Å²) in [5.74, 6) is -1.21. The second-order valence-electron chi connectivity index (χ2n) is 4.31. The summed E-state index contributed by atoms with van der Waals surface area (Å²) in [5.41, 5.74) is 0. The third-order valence-corrected chi connectivity index (χ3v) is 3.71. The van der Waals surface area contributed by atoms with E-state index in [0.29, 0.717) is 0 Å². The van der Waals surface area contributed by atoms with E-state index in [1.165, 1.54) is 19.2 Å². The Hall–Kier alpha value is -2.16. The average molecular weight is 317 g/mol. The Morgan fingerprint density at radius 1 is 1.33 bits per heavy atom. The summed E-state index contributed by atoms with van der Waals surface area (Å²) in [6.45, 7) is 0. The maximum Gasteiger partial charge on any atom is 0.335 e. The van der Waals surface area contributed by atoms with E-state index in [4.69, 9.17) is 9.47 Å². The van der Waals surface area contributed by atoms with E-state index in [1.54, 1.807) is 0 Å². The van der Waals surface area contributed by atoms with Gasteiger partial charge in [0.2, 0.25) is 5.91 Å². The molecule has 9 heteroatoms. The van der Waals surface area contributed by atoms with Gasteiger partial charge >= 0.3 is 10.2 Å². The number of halogens is 1. The van der Waals surface area contributed by atoms with Crippen LogP contribution >= 0.6 is 0 Å². The van der Waals surface area contributed by atoms with Crippen molar-refractivity contribution < 1.29 is 31.4 Å². The van der Waals surface area contributed by atoms with Crippen LogP contribution in [0.1, 0.15) is 12.8 Å². The number of amides is 2. The largest absolute Gasteiger partial charge is 0.495 e. The monoisotopic (exact) mass is 317 g/mol. The van der Waals surface area contributed by atoms with E-state index in [-0.39, 0.29) is 24.3 Å². The maximum absolute atomic E-state index is 13.2. The van der Waals surface area contributed by atoms with Gasteiger partial charge in [0.1, 0.15) is 16.4 Å². The smallest absolute Gasteiger partial charge is 0.335 e. The van der Waals surface area contributed by atoms with E-state index >= 15 is 0 Å². The lowest BCUT2D eigenvalue weighted by molar-refractivity contribution is -0.138. The maximum atomic E-state index is 13.2. The first-order valence-electron chi connectivity index (χ1n) is 5.94. The number of nitrogens with one attached hydrogen (secondary N) is 1. The predicted molar refractivity (Wildman–Crippen MR) is 68.1 cm³/mol. The van der Waals surface area contributed by atoms with Crippen molar-refractivity contribution in [2.75, 3.05) is 7.11 Å². The molecule has 7 nitrogen and oxygen atoms in total. The van der Waals surface area contributed by atoms with Crippen LogP contribution in [0.5, 0.6) is 11.5 Å². The van der Waals surface area contributed by atoms with Crippen LogP contribution in [0.25, 0.3) is 0 Å². The number of methoxy groups -OCH3 is 1. The number of hydrogen-bond acceptors (Lipinski definition) is 6. The zero-order valence-electron chi connectivity index (χ0n) is 11.0. The van der Waals surface area contributed by atoms with Crippen molar-refractivity contribution in [1.82, 2.24) is 5.32 Å². The number of rotatable bonds is 4. The Morgan fingerprint density at radius 3 is 2.62 bits per heavy atom. The molecule has 2 amide bonds. The molecule has 0 spiro atoms. The fourth-order valence-electron chi connectivity index (χ4n) is 1.87. The van der Waals surface area contributed by atoms with Gasteiger partial charge in [-0.1, -0.05) is 0 Å². The molecule has 1 fully saturated rings. The number of ether oxygens (including phenoxy) is 2. The van der Waals surface area contributed by atoms with Gasteiger partial charge in [-0.3, -0.25) is 14.9 Å². The van der Waals surface area contributed by atoms with Gasteiger partial charge in [0.15, 0.2) is 6.10 Å². The molecule has 1 atom stereocenters. The van der Waals surface area contributed by atoms with Crippen molar-refractivity contribution in [2.45, 2.75) is 23.8 Å². The molecule has 1 unspecified atom stereocenters. The molecule has 1 N–H and O–H groups in total. The standard InChI is InChI=1S/C12H12FNO6S/c1-19-8-3-2-7(6-10(8)21(13,17)18)20-9-4-5-11(15)14-12(9)16/h2-3,6,9H,4-5H2,1H3,(H,14,15,16). The minimum Gasteiger partial charge on any atom is -0.495 e. The fourth-order valence-corrected chi connectivity index (χ4v) is 2.52. The van der Waals surface area contributed by atoms with Crippen molar-refractivity contribution in [3.8, 4) is 11.5 Å². The number of hydrogen-bond donors (Lipinski definition) is 1. The van der Waals surface area contributed by atoms with E-state index < -0.39 is 33.0 Å². The lowest BCUT2D eigenvalue weighted by Crippen LogP contribution is -2.46. The molecule has 0 radical (unpaired) electrons. The molecule has 1 aliphatic rings. The van der Waals surface area contributed by atoms with Crippen molar-refractivity contribution in [3.05, 3.63) is 18.2 Å². The molecule has 1 heterocycles. The zero-order valence-corrected chi connectivity index (χ0v) is 11.8. The van der Waals surface area contributed by atoms with Gasteiger partial charge in [-0.25, -0.2) is 0 Å². The topological polar surface area (TPSA) is 98.8 Å². The first-order valence-corrected chi connectivity index (χ1v) is 7.32. The van der Waals surface area contributed by atoms with E-state index in [1.807, 2.05) is 0 Å². The summed E-state index contributed by atoms with van der Waals surface area (Å²) < 4.78 is 45.3.